The van der Waals surface area contributed by atoms with Crippen molar-refractivity contribution >= 4 is 11.8 Å². The number of carbonyl (C=O) groups is 2. The second-order valence-electron chi connectivity index (χ2n) is 6.83. The van der Waals surface area contributed by atoms with Crippen LogP contribution in [0, 0.1) is 0 Å². The molecule has 11 heteroatoms. The van der Waals surface area contributed by atoms with E-state index in [-0.39, 0.29) is 18.1 Å². The first kappa shape index (κ1) is 17.6. The summed E-state index contributed by atoms with van der Waals surface area (Å²) in [6.45, 7) is 6.42. The first-order valence-electron chi connectivity index (χ1n) is 9.10. The number of carbonyl (C=O) groups excluding carboxylic acids is 2. The van der Waals surface area contributed by atoms with Gasteiger partial charge in [0, 0.05) is 56.9 Å². The monoisotopic (exact) mass is 373 g/mol. The minimum atomic E-state index is -0.597. The molecular weight excluding hydrogens is 350 g/mol. The van der Waals surface area contributed by atoms with Crippen molar-refractivity contribution in [2.24, 2.45) is 5.73 Å². The summed E-state index contributed by atoms with van der Waals surface area (Å²) < 4.78 is 1.71. The van der Waals surface area contributed by atoms with Crippen LogP contribution >= 0.6 is 0 Å². The third-order valence-electron chi connectivity index (χ3n) is 5.07. The number of nitrogens with two attached hydrogens (primary N) is 1. The van der Waals surface area contributed by atoms with Crippen LogP contribution in [0.5, 0.6) is 0 Å². The van der Waals surface area contributed by atoms with Crippen molar-refractivity contribution in [3.63, 3.8) is 0 Å². The van der Waals surface area contributed by atoms with Gasteiger partial charge in [-0.2, -0.15) is 5.10 Å². The molecule has 1 saturated heterocycles. The Kier molecular flexibility index (Phi) is 4.86. The fraction of sp³-hybridized carbons (Fsp3) is 0.562. The number of nitrogens with one attached hydrogen (secondary N) is 2. The molecule has 0 saturated carbocycles. The van der Waals surface area contributed by atoms with E-state index in [2.05, 4.69) is 30.7 Å². The van der Waals surface area contributed by atoms with Gasteiger partial charge in [-0.15, -0.1) is 5.10 Å². The van der Waals surface area contributed by atoms with Gasteiger partial charge < -0.3 is 16.0 Å². The Morgan fingerprint density at radius 2 is 2.00 bits per heavy atom. The van der Waals surface area contributed by atoms with Gasteiger partial charge in [0.15, 0.2) is 11.4 Å². The van der Waals surface area contributed by atoms with Gasteiger partial charge in [0.1, 0.15) is 0 Å². The molecule has 0 unspecified atom stereocenters. The maximum atomic E-state index is 12.8. The average molecular weight is 373 g/mol. The molecule has 11 nitrogen and oxygen atoms in total. The van der Waals surface area contributed by atoms with Crippen molar-refractivity contribution < 1.29 is 9.59 Å². The van der Waals surface area contributed by atoms with Crippen molar-refractivity contribution in [1.82, 2.24) is 40.3 Å². The fourth-order valence-electron chi connectivity index (χ4n) is 3.52. The molecule has 144 valence electrons. The summed E-state index contributed by atoms with van der Waals surface area (Å²) in [5.41, 5.74) is 7.40. The van der Waals surface area contributed by atoms with Gasteiger partial charge in [-0.05, 0) is 0 Å². The second-order valence-corrected chi connectivity index (χ2v) is 6.83. The van der Waals surface area contributed by atoms with E-state index in [1.165, 1.54) is 0 Å². The van der Waals surface area contributed by atoms with E-state index >= 15 is 0 Å². The number of rotatable bonds is 5. The summed E-state index contributed by atoms with van der Waals surface area (Å²) in [6.07, 6.45) is 2.28. The van der Waals surface area contributed by atoms with E-state index in [1.807, 2.05) is 0 Å². The molecule has 0 atom stereocenters. The lowest BCUT2D eigenvalue weighted by atomic mass is 10.0. The summed E-state index contributed by atoms with van der Waals surface area (Å²) in [4.78, 5) is 28.3. The van der Waals surface area contributed by atoms with Gasteiger partial charge in [-0.1, -0.05) is 5.21 Å². The number of hydrogen-bond donors (Lipinski definition) is 3. The van der Waals surface area contributed by atoms with Crippen LogP contribution in [0.1, 0.15) is 32.2 Å². The number of amides is 2. The van der Waals surface area contributed by atoms with Crippen LogP contribution in [-0.2, 0) is 19.5 Å². The van der Waals surface area contributed by atoms with Crippen molar-refractivity contribution in [3.05, 3.63) is 28.8 Å². The molecule has 4 heterocycles. The Labute approximate surface area is 155 Å². The maximum Gasteiger partial charge on any atom is 0.276 e. The minimum absolute atomic E-state index is 0.196. The molecule has 2 amide bonds. The van der Waals surface area contributed by atoms with Crippen LogP contribution < -0.4 is 11.1 Å². The molecular formula is C16H23N9O2. The minimum Gasteiger partial charge on any atom is -0.364 e. The van der Waals surface area contributed by atoms with Crippen molar-refractivity contribution in [3.8, 4) is 0 Å². The maximum absolute atomic E-state index is 12.8. The molecule has 4 rings (SSSR count). The zero-order chi connectivity index (χ0) is 18.8. The van der Waals surface area contributed by atoms with Crippen LogP contribution in [-0.4, -0.2) is 86.1 Å². The highest BCUT2D eigenvalue weighted by Gasteiger charge is 2.28. The van der Waals surface area contributed by atoms with Crippen LogP contribution in [0.25, 0.3) is 0 Å². The molecule has 2 aliphatic heterocycles. The van der Waals surface area contributed by atoms with Crippen molar-refractivity contribution in [1.29, 1.82) is 0 Å². The van der Waals surface area contributed by atoms with Gasteiger partial charge >= 0.3 is 0 Å². The Hall–Kier alpha value is -2.79. The van der Waals surface area contributed by atoms with Crippen molar-refractivity contribution in [2.75, 3.05) is 39.3 Å². The SMILES string of the molecule is NC(=O)c1n[nH]c2c1CN(C(=O)c1cn(CCN3CCNCC3)nn1)CC2. The van der Waals surface area contributed by atoms with Crippen LogP contribution in [0.3, 0.4) is 0 Å². The molecule has 2 aliphatic rings. The standard InChI is InChI=1S/C16H23N9O2/c17-15(26)14-11-9-24(4-1-12(11)19-21-14)16(27)13-10-25(22-20-13)8-7-23-5-2-18-3-6-23/h10,18H,1-9H2,(H2,17,26)(H,19,21). The van der Waals surface area contributed by atoms with E-state index in [0.29, 0.717) is 30.8 Å². The number of aromatic amines is 1. The van der Waals surface area contributed by atoms with Gasteiger partial charge in [-0.25, -0.2) is 0 Å². The lowest BCUT2D eigenvalue weighted by Gasteiger charge is -2.26. The normalized spacial score (nSPS) is 17.7. The molecule has 0 aromatic carbocycles. The highest BCUT2D eigenvalue weighted by Crippen LogP contribution is 2.21. The predicted octanol–water partition coefficient (Wildman–Crippen LogP) is -1.80. The smallest absolute Gasteiger partial charge is 0.276 e. The van der Waals surface area contributed by atoms with E-state index < -0.39 is 5.91 Å². The number of fused-ring (bicyclic) bond motifs is 1. The third-order valence-corrected chi connectivity index (χ3v) is 5.07. The molecule has 4 N–H and O–H groups in total. The first-order chi connectivity index (χ1) is 13.1. The summed E-state index contributed by atoms with van der Waals surface area (Å²) in [5, 5.41) is 18.2. The number of H-pyrrole nitrogens is 1. The van der Waals surface area contributed by atoms with E-state index in [9.17, 15) is 9.59 Å². The molecule has 2 aromatic heterocycles. The van der Waals surface area contributed by atoms with Crippen LogP contribution in [0.4, 0.5) is 0 Å². The molecule has 0 bridgehead atoms. The van der Waals surface area contributed by atoms with Gasteiger partial charge in [0.2, 0.25) is 0 Å². The van der Waals surface area contributed by atoms with Gasteiger partial charge in [-0.3, -0.25) is 24.3 Å². The number of nitrogens with zero attached hydrogens (tertiary/aromatic N) is 6. The third kappa shape index (κ3) is 3.69. The molecule has 0 radical (unpaired) electrons. The summed E-state index contributed by atoms with van der Waals surface area (Å²) >= 11 is 0. The van der Waals surface area contributed by atoms with E-state index in [1.54, 1.807) is 15.8 Å². The number of primary amides is 1. The number of hydrogen-bond acceptors (Lipinski definition) is 7. The molecule has 1 fully saturated rings. The highest BCUT2D eigenvalue weighted by molar-refractivity contribution is 5.94. The fourth-order valence-corrected chi connectivity index (χ4v) is 3.52. The zero-order valence-corrected chi connectivity index (χ0v) is 15.0. The zero-order valence-electron chi connectivity index (χ0n) is 15.0. The Morgan fingerprint density at radius 3 is 2.78 bits per heavy atom. The topological polar surface area (TPSA) is 138 Å². The first-order valence-corrected chi connectivity index (χ1v) is 9.10. The lowest BCUT2D eigenvalue weighted by Crippen LogP contribution is -2.44. The van der Waals surface area contributed by atoms with Gasteiger partial charge in [0.05, 0.1) is 19.3 Å². The van der Waals surface area contributed by atoms with Crippen molar-refractivity contribution in [2.45, 2.75) is 19.5 Å². The summed E-state index contributed by atoms with van der Waals surface area (Å²) in [5.74, 6) is -0.800. The second kappa shape index (κ2) is 7.45. The average Bonchev–Trinajstić information content (AvgIpc) is 3.33. The summed E-state index contributed by atoms with van der Waals surface area (Å²) in [6, 6.07) is 0. The van der Waals surface area contributed by atoms with E-state index in [4.69, 9.17) is 5.73 Å². The van der Waals surface area contributed by atoms with Crippen LogP contribution in [0.2, 0.25) is 0 Å². The highest BCUT2D eigenvalue weighted by atomic mass is 16.2. The number of aromatic nitrogens is 5. The molecule has 2 aromatic rings. The number of piperazine rings is 1. The largest absolute Gasteiger partial charge is 0.364 e. The van der Waals surface area contributed by atoms with Gasteiger partial charge in [0.25, 0.3) is 11.8 Å². The molecule has 0 spiro atoms. The van der Waals surface area contributed by atoms with Crippen LogP contribution in [0.15, 0.2) is 6.20 Å². The quantitative estimate of drug-likeness (QED) is 0.562. The lowest BCUT2D eigenvalue weighted by molar-refractivity contribution is 0.0726. The van der Waals surface area contributed by atoms with E-state index in [0.717, 1.165) is 38.4 Å². The Morgan fingerprint density at radius 1 is 1.19 bits per heavy atom. The molecule has 0 aliphatic carbocycles. The predicted molar refractivity (Wildman–Crippen MR) is 94.9 cm³/mol. The molecule has 27 heavy (non-hydrogen) atoms. The Balaban J connectivity index is 1.39. The summed E-state index contributed by atoms with van der Waals surface area (Å²) in [7, 11) is 0. The Bertz CT molecular complexity index is 837.